The van der Waals surface area contributed by atoms with Crippen LogP contribution >= 0.6 is 0 Å². The van der Waals surface area contributed by atoms with E-state index in [2.05, 4.69) is 4.72 Å². The second kappa shape index (κ2) is 10.6. The molecule has 2 aromatic rings. The highest BCUT2D eigenvalue weighted by molar-refractivity contribution is 7.90. The molecule has 3 fully saturated rings. The molecule has 1 aliphatic carbocycles. The normalized spacial score (nSPS) is 22.9. The Kier molecular flexibility index (Phi) is 7.88. The lowest BCUT2D eigenvalue weighted by molar-refractivity contribution is -0.179. The molecule has 1 saturated carbocycles. The Morgan fingerprint density at radius 2 is 1.72 bits per heavy atom. The summed E-state index contributed by atoms with van der Waals surface area (Å²) in [5.41, 5.74) is -1.39. The molecule has 2 aromatic carbocycles. The van der Waals surface area contributed by atoms with Gasteiger partial charge in [-0.05, 0) is 76.1 Å². The van der Waals surface area contributed by atoms with Gasteiger partial charge in [-0.25, -0.2) is 26.3 Å². The van der Waals surface area contributed by atoms with Gasteiger partial charge in [0.15, 0.2) is 5.60 Å². The molecule has 11 heteroatoms. The number of amides is 1. The second-order valence-electron chi connectivity index (χ2n) is 11.1. The molecular weight excluding hydrogens is 533 g/mol. The molecule has 0 radical (unpaired) electrons. The summed E-state index contributed by atoms with van der Waals surface area (Å²) in [6.07, 6.45) is 1.03. The lowest BCUT2D eigenvalue weighted by Crippen LogP contribution is -2.72. The minimum atomic E-state index is -3.76. The van der Waals surface area contributed by atoms with Crippen LogP contribution in [0.25, 0.3) is 11.1 Å². The molecule has 1 N–H and O–H groups in total. The lowest BCUT2D eigenvalue weighted by Gasteiger charge is -2.59. The minimum Gasteiger partial charge on any atom is -0.450 e. The summed E-state index contributed by atoms with van der Waals surface area (Å²) in [6, 6.07) is 5.45. The molecule has 0 spiro atoms. The van der Waals surface area contributed by atoms with Gasteiger partial charge in [-0.3, -0.25) is 9.59 Å². The maximum Gasteiger partial charge on any atom is 0.303 e. The average molecular weight is 567 g/mol. The molecule has 3 aliphatic rings. The van der Waals surface area contributed by atoms with E-state index in [1.165, 1.54) is 51.7 Å². The van der Waals surface area contributed by atoms with E-state index < -0.39 is 62.3 Å². The Balaban J connectivity index is 1.77. The number of nitrogens with zero attached hydrogens (tertiary/aromatic N) is 1. The van der Waals surface area contributed by atoms with E-state index in [-0.39, 0.29) is 35.1 Å². The molecule has 0 unspecified atom stereocenters. The van der Waals surface area contributed by atoms with Crippen molar-refractivity contribution in [2.45, 2.75) is 82.9 Å². The van der Waals surface area contributed by atoms with Crippen LogP contribution in [0.3, 0.4) is 0 Å². The number of hydrogen-bond acceptors (Lipinski definition) is 5. The summed E-state index contributed by atoms with van der Waals surface area (Å²) in [6.45, 7) is 7.20. The summed E-state index contributed by atoms with van der Waals surface area (Å²) < 4.78 is 77.5. The number of piperidine rings is 2. The molecule has 2 aliphatic heterocycles. The Morgan fingerprint density at radius 3 is 2.28 bits per heavy atom. The van der Waals surface area contributed by atoms with Crippen molar-refractivity contribution < 1.29 is 35.9 Å². The van der Waals surface area contributed by atoms with Crippen LogP contribution in [0.4, 0.5) is 13.2 Å². The van der Waals surface area contributed by atoms with Crippen LogP contribution in [0, 0.1) is 23.4 Å². The number of esters is 1. The molecule has 5 rings (SSSR count). The first-order valence-corrected chi connectivity index (χ1v) is 14.4. The fraction of sp³-hybridized carbons (Fsp3) is 0.500. The van der Waals surface area contributed by atoms with Crippen molar-refractivity contribution in [3.05, 3.63) is 59.4 Å². The number of ether oxygens (including phenoxy) is 1. The number of benzene rings is 2. The van der Waals surface area contributed by atoms with E-state index in [1.807, 2.05) is 0 Å². The van der Waals surface area contributed by atoms with Crippen LogP contribution in [0.15, 0.2) is 36.4 Å². The molecule has 2 bridgehead atoms. The molecule has 2 atom stereocenters. The van der Waals surface area contributed by atoms with Crippen LogP contribution in [0.5, 0.6) is 0 Å². The number of nitrogens with one attached hydrogen (secondary N) is 1. The van der Waals surface area contributed by atoms with Crippen LogP contribution in [0.2, 0.25) is 0 Å². The monoisotopic (exact) mass is 566 g/mol. The third-order valence-electron chi connectivity index (χ3n) is 7.57. The second-order valence-corrected chi connectivity index (χ2v) is 13.4. The third-order valence-corrected chi connectivity index (χ3v) is 9.42. The SMILES string of the molecule is CC(=O)OC(C)(C)C(=O)N1C2CC(C2)[C@H](NS(=O)(=O)C(C)C)[C@@H]1Cc1cccc(-c2cc(F)cc(F)c2)c1F. The smallest absolute Gasteiger partial charge is 0.303 e. The van der Waals surface area contributed by atoms with Crippen molar-refractivity contribution in [1.29, 1.82) is 0 Å². The number of carbonyl (C=O) groups is 2. The molecule has 2 heterocycles. The summed E-state index contributed by atoms with van der Waals surface area (Å²) in [4.78, 5) is 27.0. The van der Waals surface area contributed by atoms with Crippen LogP contribution in [0.1, 0.15) is 53.0 Å². The van der Waals surface area contributed by atoms with Crippen molar-refractivity contribution in [3.8, 4) is 11.1 Å². The Morgan fingerprint density at radius 1 is 1.10 bits per heavy atom. The predicted octanol–water partition coefficient (Wildman–Crippen LogP) is 4.34. The predicted molar refractivity (Wildman–Crippen MR) is 139 cm³/mol. The third kappa shape index (κ3) is 5.84. The van der Waals surface area contributed by atoms with E-state index in [1.54, 1.807) is 6.07 Å². The Bertz CT molecular complexity index is 1370. The highest BCUT2D eigenvalue weighted by Gasteiger charge is 2.56. The summed E-state index contributed by atoms with van der Waals surface area (Å²) in [7, 11) is -3.76. The number of sulfonamides is 1. The lowest BCUT2D eigenvalue weighted by atomic mass is 9.66. The highest BCUT2D eigenvalue weighted by atomic mass is 32.2. The van der Waals surface area contributed by atoms with Gasteiger partial charge in [0.25, 0.3) is 5.91 Å². The van der Waals surface area contributed by atoms with Crippen molar-refractivity contribution in [2.75, 3.05) is 0 Å². The zero-order valence-corrected chi connectivity index (χ0v) is 23.3. The first-order valence-electron chi connectivity index (χ1n) is 12.9. The van der Waals surface area contributed by atoms with E-state index >= 15 is 4.39 Å². The number of carbonyl (C=O) groups excluding carboxylic acids is 2. The standard InChI is InChI=1S/C28H33F3N2O5S/c1-15(2)39(36,37)32-26-19-11-22(12-19)33(27(35)28(4,5)38-16(3)34)24(26)13-17-7-6-8-23(25(17)31)18-9-20(29)14-21(30)10-18/h6-10,14-15,19,22,24,26,32H,11-13H2,1-5H3/t19?,22?,24-,26-/m0/s1. The molecule has 2 saturated heterocycles. The largest absolute Gasteiger partial charge is 0.450 e. The van der Waals surface area contributed by atoms with Crippen molar-refractivity contribution in [2.24, 2.45) is 5.92 Å². The molecule has 212 valence electrons. The van der Waals surface area contributed by atoms with Crippen LogP contribution in [-0.4, -0.2) is 54.2 Å². The number of fused-ring (bicyclic) bond motifs is 2. The van der Waals surface area contributed by atoms with E-state index in [9.17, 15) is 26.8 Å². The van der Waals surface area contributed by atoms with Crippen molar-refractivity contribution in [3.63, 3.8) is 0 Å². The fourth-order valence-electron chi connectivity index (χ4n) is 5.56. The van der Waals surface area contributed by atoms with Gasteiger partial charge in [0.1, 0.15) is 17.5 Å². The van der Waals surface area contributed by atoms with Gasteiger partial charge in [0.2, 0.25) is 10.0 Å². The maximum absolute atomic E-state index is 15.9. The van der Waals surface area contributed by atoms with Gasteiger partial charge in [0.05, 0.1) is 11.3 Å². The van der Waals surface area contributed by atoms with Gasteiger partial charge < -0.3 is 9.64 Å². The fourth-order valence-corrected chi connectivity index (χ4v) is 6.56. The summed E-state index contributed by atoms with van der Waals surface area (Å²) in [5.74, 6) is -3.66. The van der Waals surface area contributed by atoms with Gasteiger partial charge in [-0.15, -0.1) is 0 Å². The zero-order chi connectivity index (χ0) is 28.9. The minimum absolute atomic E-state index is 0.0133. The van der Waals surface area contributed by atoms with Crippen molar-refractivity contribution in [1.82, 2.24) is 9.62 Å². The quantitative estimate of drug-likeness (QED) is 0.480. The Hall–Kier alpha value is -2.92. The Labute approximate surface area is 226 Å². The topological polar surface area (TPSA) is 92.8 Å². The molecule has 1 amide bonds. The number of halogens is 3. The van der Waals surface area contributed by atoms with Crippen LogP contribution in [-0.2, 0) is 30.8 Å². The first kappa shape index (κ1) is 29.1. The van der Waals surface area contributed by atoms with Gasteiger partial charge in [-0.2, -0.15) is 0 Å². The van der Waals surface area contributed by atoms with Gasteiger partial charge in [-0.1, -0.05) is 18.2 Å². The van der Waals surface area contributed by atoms with Gasteiger partial charge >= 0.3 is 5.97 Å². The molecular formula is C28H33F3N2O5S. The number of rotatable bonds is 8. The molecule has 7 nitrogen and oxygen atoms in total. The molecule has 39 heavy (non-hydrogen) atoms. The molecule has 0 aromatic heterocycles. The highest BCUT2D eigenvalue weighted by Crippen LogP contribution is 2.45. The first-order chi connectivity index (χ1) is 18.1. The maximum atomic E-state index is 15.9. The van der Waals surface area contributed by atoms with Crippen molar-refractivity contribution >= 4 is 21.9 Å². The van der Waals surface area contributed by atoms with E-state index in [0.29, 0.717) is 18.9 Å². The van der Waals surface area contributed by atoms with Crippen LogP contribution < -0.4 is 4.72 Å². The average Bonchev–Trinajstić information content (AvgIpc) is 2.78. The van der Waals surface area contributed by atoms with E-state index in [4.69, 9.17) is 4.74 Å². The zero-order valence-electron chi connectivity index (χ0n) is 22.5. The summed E-state index contributed by atoms with van der Waals surface area (Å²) in [5, 5.41) is -0.736. The summed E-state index contributed by atoms with van der Waals surface area (Å²) >= 11 is 0. The number of hydrogen-bond donors (Lipinski definition) is 1. The van der Waals surface area contributed by atoms with Gasteiger partial charge in [0, 0.05) is 30.6 Å². The van der Waals surface area contributed by atoms with E-state index in [0.717, 1.165) is 12.1 Å².